The maximum absolute atomic E-state index is 13.4. The predicted molar refractivity (Wildman–Crippen MR) is 74.8 cm³/mol. The fraction of sp³-hybridized carbons (Fsp3) is 0.533. The summed E-state index contributed by atoms with van der Waals surface area (Å²) in [6.45, 7) is 7.22. The molecule has 1 saturated heterocycles. The second kappa shape index (κ2) is 4.60. The average molecular weight is 261 g/mol. The Morgan fingerprint density at radius 3 is 2.89 bits per heavy atom. The molecule has 0 spiro atoms. The van der Waals surface area contributed by atoms with E-state index < -0.39 is 0 Å². The number of benzene rings is 1. The van der Waals surface area contributed by atoms with Crippen molar-refractivity contribution < 1.29 is 4.39 Å². The van der Waals surface area contributed by atoms with Gasteiger partial charge in [-0.15, -0.1) is 0 Å². The summed E-state index contributed by atoms with van der Waals surface area (Å²) in [5.41, 5.74) is 1.92. The van der Waals surface area contributed by atoms with Crippen LogP contribution in [0, 0.1) is 5.82 Å². The minimum absolute atomic E-state index is 0.103. The van der Waals surface area contributed by atoms with E-state index in [4.69, 9.17) is 4.98 Å². The van der Waals surface area contributed by atoms with E-state index in [1.54, 1.807) is 0 Å². The number of aryl methyl sites for hydroxylation is 1. The van der Waals surface area contributed by atoms with Crippen molar-refractivity contribution in [2.24, 2.45) is 0 Å². The third-order valence-corrected chi connectivity index (χ3v) is 4.42. The zero-order valence-corrected chi connectivity index (χ0v) is 11.5. The van der Waals surface area contributed by atoms with Gasteiger partial charge >= 0.3 is 0 Å². The number of imidazole rings is 1. The minimum Gasteiger partial charge on any atom is -0.328 e. The summed E-state index contributed by atoms with van der Waals surface area (Å²) >= 11 is 0. The minimum atomic E-state index is -0.213. The van der Waals surface area contributed by atoms with Gasteiger partial charge in [-0.2, -0.15) is 0 Å². The van der Waals surface area contributed by atoms with E-state index in [1.807, 2.05) is 6.07 Å². The smallest absolute Gasteiger partial charge is 0.125 e. The average Bonchev–Trinajstić information content (AvgIpc) is 3.02. The van der Waals surface area contributed by atoms with Crippen LogP contribution in [-0.2, 0) is 12.0 Å². The van der Waals surface area contributed by atoms with Crippen LogP contribution < -0.4 is 5.32 Å². The van der Waals surface area contributed by atoms with Crippen LogP contribution in [0.5, 0.6) is 0 Å². The summed E-state index contributed by atoms with van der Waals surface area (Å²) in [5, 5.41) is 3.44. The molecule has 102 valence electrons. The Morgan fingerprint density at radius 1 is 1.42 bits per heavy atom. The number of hydrogen-bond donors (Lipinski definition) is 1. The summed E-state index contributed by atoms with van der Waals surface area (Å²) in [5.74, 6) is 0.901. The molecule has 1 aliphatic rings. The van der Waals surface area contributed by atoms with E-state index in [9.17, 15) is 4.39 Å². The molecule has 0 amide bonds. The SMILES string of the molecule is CCn1c(C2(CC)CCNC2)nc2cc(F)ccc21. The standard InChI is InChI=1S/C15H20FN3/c1-3-15(7-8-17-10-15)14-18-12-9-11(16)5-6-13(12)19(14)4-2/h5-6,9,17H,3-4,7-8,10H2,1-2H3. The number of aromatic nitrogens is 2. The van der Waals surface area contributed by atoms with Crippen molar-refractivity contribution in [3.63, 3.8) is 0 Å². The fourth-order valence-corrected chi connectivity index (χ4v) is 3.22. The molecule has 0 bridgehead atoms. The van der Waals surface area contributed by atoms with E-state index >= 15 is 0 Å². The summed E-state index contributed by atoms with van der Waals surface area (Å²) in [6.07, 6.45) is 2.17. The number of nitrogens with zero attached hydrogens (tertiary/aromatic N) is 2. The van der Waals surface area contributed by atoms with Crippen molar-refractivity contribution in [3.05, 3.63) is 29.8 Å². The Bertz CT molecular complexity index is 597. The van der Waals surface area contributed by atoms with E-state index in [-0.39, 0.29) is 11.2 Å². The maximum Gasteiger partial charge on any atom is 0.125 e. The van der Waals surface area contributed by atoms with Crippen LogP contribution in [0.25, 0.3) is 11.0 Å². The molecule has 0 saturated carbocycles. The van der Waals surface area contributed by atoms with Gasteiger partial charge in [0.1, 0.15) is 11.6 Å². The van der Waals surface area contributed by atoms with Crippen LogP contribution >= 0.6 is 0 Å². The van der Waals surface area contributed by atoms with Gasteiger partial charge in [-0.25, -0.2) is 9.37 Å². The van der Waals surface area contributed by atoms with Gasteiger partial charge in [0.2, 0.25) is 0 Å². The molecule has 0 aliphatic carbocycles. The largest absolute Gasteiger partial charge is 0.328 e. The van der Waals surface area contributed by atoms with Crippen LogP contribution in [0.15, 0.2) is 18.2 Å². The normalized spacial score (nSPS) is 23.3. The molecule has 1 N–H and O–H groups in total. The van der Waals surface area contributed by atoms with E-state index in [1.165, 1.54) is 12.1 Å². The number of fused-ring (bicyclic) bond motifs is 1. The van der Waals surface area contributed by atoms with Gasteiger partial charge in [0.15, 0.2) is 0 Å². The lowest BCUT2D eigenvalue weighted by molar-refractivity contribution is 0.408. The molecule has 4 heteroatoms. The molecule has 19 heavy (non-hydrogen) atoms. The zero-order valence-electron chi connectivity index (χ0n) is 11.5. The number of hydrogen-bond acceptors (Lipinski definition) is 2. The second-order valence-electron chi connectivity index (χ2n) is 5.37. The maximum atomic E-state index is 13.4. The van der Waals surface area contributed by atoms with Gasteiger partial charge in [-0.1, -0.05) is 6.92 Å². The Balaban J connectivity index is 2.22. The Morgan fingerprint density at radius 2 is 2.26 bits per heavy atom. The molecule has 1 fully saturated rings. The van der Waals surface area contributed by atoms with E-state index in [2.05, 4.69) is 23.7 Å². The Hall–Kier alpha value is -1.42. The molecule has 1 aliphatic heterocycles. The van der Waals surface area contributed by atoms with Crippen LogP contribution in [0.1, 0.15) is 32.5 Å². The van der Waals surface area contributed by atoms with Gasteiger partial charge < -0.3 is 9.88 Å². The van der Waals surface area contributed by atoms with E-state index in [0.29, 0.717) is 0 Å². The highest BCUT2D eigenvalue weighted by molar-refractivity contribution is 5.76. The van der Waals surface area contributed by atoms with Gasteiger partial charge in [0.05, 0.1) is 11.0 Å². The first kappa shape index (κ1) is 12.6. The molecule has 1 aromatic heterocycles. The Kier molecular flexibility index (Phi) is 3.05. The summed E-state index contributed by atoms with van der Waals surface area (Å²) in [7, 11) is 0. The molecule has 3 rings (SSSR count). The lowest BCUT2D eigenvalue weighted by atomic mass is 9.83. The highest BCUT2D eigenvalue weighted by Gasteiger charge is 2.38. The van der Waals surface area contributed by atoms with Crippen molar-refractivity contribution >= 4 is 11.0 Å². The zero-order chi connectivity index (χ0) is 13.5. The summed E-state index contributed by atoms with van der Waals surface area (Å²) in [4.78, 5) is 4.75. The molecule has 1 unspecified atom stereocenters. The molecule has 1 aromatic carbocycles. The molecular weight excluding hydrogens is 241 g/mol. The fourth-order valence-electron chi connectivity index (χ4n) is 3.22. The molecular formula is C15H20FN3. The molecule has 2 aromatic rings. The van der Waals surface area contributed by atoms with Crippen LogP contribution in [-0.4, -0.2) is 22.6 Å². The van der Waals surface area contributed by atoms with Gasteiger partial charge in [0.25, 0.3) is 0 Å². The van der Waals surface area contributed by atoms with Crippen LogP contribution in [0.2, 0.25) is 0 Å². The lowest BCUT2D eigenvalue weighted by Gasteiger charge is -2.26. The number of halogens is 1. The monoisotopic (exact) mass is 261 g/mol. The quantitative estimate of drug-likeness (QED) is 0.920. The van der Waals surface area contributed by atoms with E-state index in [0.717, 1.165) is 49.3 Å². The topological polar surface area (TPSA) is 29.9 Å². The first-order chi connectivity index (χ1) is 9.20. The second-order valence-corrected chi connectivity index (χ2v) is 5.37. The van der Waals surface area contributed by atoms with Crippen molar-refractivity contribution in [1.29, 1.82) is 0 Å². The highest BCUT2D eigenvalue weighted by Crippen LogP contribution is 2.35. The van der Waals surface area contributed by atoms with Crippen molar-refractivity contribution in [2.45, 2.75) is 38.6 Å². The highest BCUT2D eigenvalue weighted by atomic mass is 19.1. The number of nitrogens with one attached hydrogen (secondary N) is 1. The first-order valence-electron chi connectivity index (χ1n) is 7.07. The van der Waals surface area contributed by atoms with Crippen LogP contribution in [0.4, 0.5) is 4.39 Å². The third-order valence-electron chi connectivity index (χ3n) is 4.42. The molecule has 1 atom stereocenters. The van der Waals surface area contributed by atoms with Crippen LogP contribution in [0.3, 0.4) is 0 Å². The summed E-state index contributed by atoms with van der Waals surface area (Å²) < 4.78 is 15.6. The first-order valence-corrected chi connectivity index (χ1v) is 7.07. The van der Waals surface area contributed by atoms with Crippen molar-refractivity contribution in [2.75, 3.05) is 13.1 Å². The predicted octanol–water partition coefficient (Wildman–Crippen LogP) is 2.84. The molecule has 2 heterocycles. The summed E-state index contributed by atoms with van der Waals surface area (Å²) in [6, 6.07) is 4.90. The van der Waals surface area contributed by atoms with Crippen molar-refractivity contribution in [1.82, 2.24) is 14.9 Å². The Labute approximate surface area is 112 Å². The lowest BCUT2D eigenvalue weighted by Crippen LogP contribution is -2.31. The van der Waals surface area contributed by atoms with Gasteiger partial charge in [-0.3, -0.25) is 0 Å². The van der Waals surface area contributed by atoms with Crippen molar-refractivity contribution in [3.8, 4) is 0 Å². The third kappa shape index (κ3) is 1.86. The molecule has 0 radical (unpaired) electrons. The number of rotatable bonds is 3. The van der Waals surface area contributed by atoms with Gasteiger partial charge in [0, 0.05) is 24.6 Å². The molecule has 3 nitrogen and oxygen atoms in total. The van der Waals surface area contributed by atoms with Gasteiger partial charge in [-0.05, 0) is 38.4 Å².